The number of benzene rings is 1. The lowest BCUT2D eigenvalue weighted by molar-refractivity contribution is -0.137. The van der Waals surface area contributed by atoms with Crippen LogP contribution in [0.25, 0.3) is 0 Å². The number of likely N-dealkylation sites (tertiary alicyclic amines) is 1. The van der Waals surface area contributed by atoms with E-state index in [0.717, 1.165) is 38.5 Å². The molecule has 0 atom stereocenters. The quantitative estimate of drug-likeness (QED) is 0.899. The zero-order valence-corrected chi connectivity index (χ0v) is 13.7. The number of hydrogen-bond donors (Lipinski definition) is 1. The summed E-state index contributed by atoms with van der Waals surface area (Å²) in [6, 6.07) is 5.54. The number of halogens is 3. The molecule has 0 aromatic heterocycles. The Morgan fingerprint density at radius 1 is 1.22 bits per heavy atom. The van der Waals surface area contributed by atoms with Gasteiger partial charge in [-0.25, -0.2) is 0 Å². The van der Waals surface area contributed by atoms with Crippen LogP contribution in [0.15, 0.2) is 24.3 Å². The van der Waals surface area contributed by atoms with E-state index >= 15 is 0 Å². The van der Waals surface area contributed by atoms with Crippen molar-refractivity contribution in [3.8, 4) is 0 Å². The van der Waals surface area contributed by atoms with Crippen molar-refractivity contribution in [2.45, 2.75) is 25.6 Å². The van der Waals surface area contributed by atoms with Crippen LogP contribution in [0.5, 0.6) is 0 Å². The molecule has 1 N–H and O–H groups in total. The fraction of sp³-hybridized carbons (Fsp3) is 0.647. The number of rotatable bonds is 5. The third kappa shape index (κ3) is 4.93. The molecule has 1 heterocycles. The number of piperidine rings is 1. The first-order valence-electron chi connectivity index (χ1n) is 7.88. The second-order valence-electron chi connectivity index (χ2n) is 6.87. The molecule has 1 fully saturated rings. The van der Waals surface area contributed by atoms with E-state index in [1.54, 1.807) is 6.07 Å². The second kappa shape index (κ2) is 7.20. The summed E-state index contributed by atoms with van der Waals surface area (Å²) in [7, 11) is 3.98. The molecule has 2 rings (SSSR count). The van der Waals surface area contributed by atoms with E-state index in [2.05, 4.69) is 9.80 Å². The minimum atomic E-state index is -4.30. The molecule has 0 amide bonds. The lowest BCUT2D eigenvalue weighted by Crippen LogP contribution is -2.46. The van der Waals surface area contributed by atoms with E-state index in [9.17, 15) is 18.3 Å². The van der Waals surface area contributed by atoms with E-state index in [0.29, 0.717) is 12.1 Å². The fourth-order valence-electron chi connectivity index (χ4n) is 3.33. The van der Waals surface area contributed by atoms with Crippen LogP contribution in [-0.4, -0.2) is 55.2 Å². The first-order chi connectivity index (χ1) is 10.7. The Hall–Kier alpha value is -1.11. The highest BCUT2D eigenvalue weighted by atomic mass is 19.4. The van der Waals surface area contributed by atoms with Gasteiger partial charge in [-0.1, -0.05) is 18.2 Å². The molecule has 130 valence electrons. The molecule has 23 heavy (non-hydrogen) atoms. The van der Waals surface area contributed by atoms with Crippen LogP contribution in [0.4, 0.5) is 13.2 Å². The van der Waals surface area contributed by atoms with Gasteiger partial charge in [0.2, 0.25) is 0 Å². The molecule has 0 radical (unpaired) electrons. The fourth-order valence-corrected chi connectivity index (χ4v) is 3.33. The van der Waals surface area contributed by atoms with Crippen molar-refractivity contribution in [1.29, 1.82) is 0 Å². The van der Waals surface area contributed by atoms with Gasteiger partial charge in [-0.15, -0.1) is 0 Å². The predicted molar refractivity (Wildman–Crippen MR) is 84.0 cm³/mol. The highest BCUT2D eigenvalue weighted by molar-refractivity contribution is 5.25. The van der Waals surface area contributed by atoms with E-state index in [-0.39, 0.29) is 12.0 Å². The monoisotopic (exact) mass is 330 g/mol. The van der Waals surface area contributed by atoms with Crippen LogP contribution >= 0.6 is 0 Å². The van der Waals surface area contributed by atoms with Gasteiger partial charge in [0.25, 0.3) is 0 Å². The van der Waals surface area contributed by atoms with Gasteiger partial charge in [0.15, 0.2) is 0 Å². The van der Waals surface area contributed by atoms with Gasteiger partial charge >= 0.3 is 6.18 Å². The number of aliphatic hydroxyl groups is 1. The van der Waals surface area contributed by atoms with Crippen molar-refractivity contribution < 1.29 is 18.3 Å². The van der Waals surface area contributed by atoms with Crippen molar-refractivity contribution in [2.24, 2.45) is 5.41 Å². The van der Waals surface area contributed by atoms with Gasteiger partial charge < -0.3 is 10.0 Å². The average Bonchev–Trinajstić information content (AvgIpc) is 2.48. The van der Waals surface area contributed by atoms with Crippen LogP contribution in [0.3, 0.4) is 0 Å². The van der Waals surface area contributed by atoms with Crippen LogP contribution in [0.2, 0.25) is 0 Å². The van der Waals surface area contributed by atoms with Gasteiger partial charge in [0, 0.05) is 18.5 Å². The third-order valence-electron chi connectivity index (χ3n) is 4.56. The Kier molecular flexibility index (Phi) is 5.70. The summed E-state index contributed by atoms with van der Waals surface area (Å²) in [5.41, 5.74) is 0.00151. The largest absolute Gasteiger partial charge is 0.416 e. The molecule has 0 spiro atoms. The van der Waals surface area contributed by atoms with Gasteiger partial charge in [-0.2, -0.15) is 13.2 Å². The minimum absolute atomic E-state index is 0.0895. The maximum absolute atomic E-state index is 12.8. The predicted octanol–water partition coefficient (Wildman–Crippen LogP) is 2.84. The summed E-state index contributed by atoms with van der Waals surface area (Å²) >= 11 is 0. The molecule has 1 aliphatic rings. The molecule has 1 aromatic rings. The van der Waals surface area contributed by atoms with Gasteiger partial charge in [-0.3, -0.25) is 4.90 Å². The first-order valence-corrected chi connectivity index (χ1v) is 7.88. The average molecular weight is 330 g/mol. The van der Waals surface area contributed by atoms with Crippen molar-refractivity contribution >= 4 is 0 Å². The molecule has 1 aromatic carbocycles. The van der Waals surface area contributed by atoms with Crippen molar-refractivity contribution in [1.82, 2.24) is 9.80 Å². The summed E-state index contributed by atoms with van der Waals surface area (Å²) in [6.45, 7) is 3.10. The van der Waals surface area contributed by atoms with Gasteiger partial charge in [0.05, 0.1) is 12.2 Å². The molecule has 0 saturated carbocycles. The van der Waals surface area contributed by atoms with E-state index in [1.165, 1.54) is 12.1 Å². The molecule has 1 saturated heterocycles. The molecule has 0 unspecified atom stereocenters. The van der Waals surface area contributed by atoms with Crippen LogP contribution in [-0.2, 0) is 12.7 Å². The summed E-state index contributed by atoms with van der Waals surface area (Å²) in [5.74, 6) is 0. The Morgan fingerprint density at radius 2 is 1.87 bits per heavy atom. The van der Waals surface area contributed by atoms with Crippen LogP contribution < -0.4 is 0 Å². The summed E-state index contributed by atoms with van der Waals surface area (Å²) in [4.78, 5) is 4.25. The van der Waals surface area contributed by atoms with Crippen molar-refractivity contribution in [3.05, 3.63) is 35.4 Å². The molecular weight excluding hydrogens is 305 g/mol. The zero-order chi connectivity index (χ0) is 17.1. The van der Waals surface area contributed by atoms with Crippen molar-refractivity contribution in [3.63, 3.8) is 0 Å². The number of alkyl halides is 3. The lowest BCUT2D eigenvalue weighted by atomic mass is 9.78. The smallest absolute Gasteiger partial charge is 0.396 e. The third-order valence-corrected chi connectivity index (χ3v) is 4.56. The van der Waals surface area contributed by atoms with E-state index in [4.69, 9.17) is 0 Å². The standard InChI is InChI=1S/C17H25F3N2O/c1-21(2)12-16(13-23)6-8-22(9-7-16)11-14-4-3-5-15(10-14)17(18,19)20/h3-5,10,23H,6-9,11-13H2,1-2H3. The Bertz CT molecular complexity index is 509. The SMILES string of the molecule is CN(C)CC1(CO)CCN(Cc2cccc(C(F)(F)F)c2)CC1. The Balaban J connectivity index is 1.96. The van der Waals surface area contributed by atoms with E-state index < -0.39 is 11.7 Å². The minimum Gasteiger partial charge on any atom is -0.396 e. The normalized spacial score (nSPS) is 19.3. The van der Waals surface area contributed by atoms with Crippen molar-refractivity contribution in [2.75, 3.05) is 40.3 Å². The number of aliphatic hydroxyl groups excluding tert-OH is 1. The Labute approximate surface area is 135 Å². The molecule has 0 aliphatic carbocycles. The van der Waals surface area contributed by atoms with Gasteiger partial charge in [-0.05, 0) is 51.7 Å². The molecule has 3 nitrogen and oxygen atoms in total. The molecule has 1 aliphatic heterocycles. The summed E-state index contributed by atoms with van der Waals surface area (Å²) < 4.78 is 38.3. The highest BCUT2D eigenvalue weighted by Crippen LogP contribution is 2.33. The van der Waals surface area contributed by atoms with E-state index in [1.807, 2.05) is 14.1 Å². The topological polar surface area (TPSA) is 26.7 Å². The van der Waals surface area contributed by atoms with Gasteiger partial charge in [0.1, 0.15) is 0 Å². The second-order valence-corrected chi connectivity index (χ2v) is 6.87. The number of nitrogens with zero attached hydrogens (tertiary/aromatic N) is 2. The van der Waals surface area contributed by atoms with Crippen LogP contribution in [0, 0.1) is 5.41 Å². The van der Waals surface area contributed by atoms with Crippen LogP contribution in [0.1, 0.15) is 24.0 Å². The molecule has 6 heteroatoms. The molecule has 0 bridgehead atoms. The maximum Gasteiger partial charge on any atom is 0.416 e. The number of hydrogen-bond acceptors (Lipinski definition) is 3. The summed E-state index contributed by atoms with van der Waals surface area (Å²) in [6.07, 6.45) is -2.57. The molecular formula is C17H25F3N2O. The highest BCUT2D eigenvalue weighted by Gasteiger charge is 2.35. The summed E-state index contributed by atoms with van der Waals surface area (Å²) in [5, 5.41) is 9.72. The maximum atomic E-state index is 12.8. The Morgan fingerprint density at radius 3 is 2.39 bits per heavy atom. The zero-order valence-electron chi connectivity index (χ0n) is 13.7. The first kappa shape index (κ1) is 18.2. The lowest BCUT2D eigenvalue weighted by Gasteiger charge is -2.42.